The van der Waals surface area contributed by atoms with Gasteiger partial charge in [-0.3, -0.25) is 0 Å². The van der Waals surface area contributed by atoms with Gasteiger partial charge in [0, 0.05) is 6.42 Å². The van der Waals surface area contributed by atoms with Gasteiger partial charge in [-0.25, -0.2) is 0 Å². The highest BCUT2D eigenvalue weighted by atomic mass is 16.3. The predicted molar refractivity (Wildman–Crippen MR) is 41.1 cm³/mol. The lowest BCUT2D eigenvalue weighted by Gasteiger charge is -2.23. The summed E-state index contributed by atoms with van der Waals surface area (Å²) in [4.78, 5) is 0. The molecule has 0 aromatic heterocycles. The van der Waals surface area contributed by atoms with Crippen LogP contribution in [0.1, 0.15) is 32.1 Å². The Hall–Kier alpha value is -0.120. The van der Waals surface area contributed by atoms with Crippen LogP contribution in [-0.2, 0) is 0 Å². The van der Waals surface area contributed by atoms with E-state index >= 15 is 0 Å². The standard InChI is InChI=1S/C8H16O3/c9-6-3-1-2-4-7(10)8(11)5-6/h6-11H,1-5H2. The fourth-order valence-electron chi connectivity index (χ4n) is 1.48. The number of hydrogen-bond acceptors (Lipinski definition) is 3. The summed E-state index contributed by atoms with van der Waals surface area (Å²) >= 11 is 0. The SMILES string of the molecule is OC1CCCCC(O)C(O)C1. The molecule has 3 N–H and O–H groups in total. The van der Waals surface area contributed by atoms with E-state index < -0.39 is 18.3 Å². The van der Waals surface area contributed by atoms with Gasteiger partial charge in [0.15, 0.2) is 0 Å². The smallest absolute Gasteiger partial charge is 0.0823 e. The first-order chi connectivity index (χ1) is 5.20. The van der Waals surface area contributed by atoms with Crippen LogP contribution in [0.15, 0.2) is 0 Å². The molecule has 66 valence electrons. The van der Waals surface area contributed by atoms with Gasteiger partial charge >= 0.3 is 0 Å². The third-order valence-corrected chi connectivity index (χ3v) is 2.24. The maximum atomic E-state index is 9.24. The zero-order valence-electron chi connectivity index (χ0n) is 6.61. The van der Waals surface area contributed by atoms with Crippen molar-refractivity contribution in [2.45, 2.75) is 50.4 Å². The molecule has 1 saturated carbocycles. The van der Waals surface area contributed by atoms with Crippen molar-refractivity contribution in [3.05, 3.63) is 0 Å². The van der Waals surface area contributed by atoms with Crippen molar-refractivity contribution in [2.75, 3.05) is 0 Å². The normalized spacial score (nSPS) is 41.2. The van der Waals surface area contributed by atoms with Gasteiger partial charge < -0.3 is 15.3 Å². The minimum atomic E-state index is -0.731. The van der Waals surface area contributed by atoms with Gasteiger partial charge in [-0.1, -0.05) is 12.8 Å². The van der Waals surface area contributed by atoms with Gasteiger partial charge in [-0.15, -0.1) is 0 Å². The van der Waals surface area contributed by atoms with Crippen LogP contribution in [0.3, 0.4) is 0 Å². The summed E-state index contributed by atoms with van der Waals surface area (Å²) in [7, 11) is 0. The third-order valence-electron chi connectivity index (χ3n) is 2.24. The van der Waals surface area contributed by atoms with E-state index in [9.17, 15) is 15.3 Å². The van der Waals surface area contributed by atoms with Crippen LogP contribution in [0.2, 0.25) is 0 Å². The van der Waals surface area contributed by atoms with Crippen LogP contribution in [0.25, 0.3) is 0 Å². The molecule has 0 spiro atoms. The molecule has 11 heavy (non-hydrogen) atoms. The molecule has 0 heterocycles. The van der Waals surface area contributed by atoms with Crippen molar-refractivity contribution in [1.29, 1.82) is 0 Å². The van der Waals surface area contributed by atoms with E-state index in [1.807, 2.05) is 0 Å². The third kappa shape index (κ3) is 2.77. The summed E-state index contributed by atoms with van der Waals surface area (Å²) in [6.07, 6.45) is 1.79. The van der Waals surface area contributed by atoms with E-state index in [2.05, 4.69) is 0 Å². The first-order valence-corrected chi connectivity index (χ1v) is 4.24. The zero-order valence-corrected chi connectivity index (χ0v) is 6.61. The Kier molecular flexibility index (Phi) is 3.30. The van der Waals surface area contributed by atoms with Crippen LogP contribution >= 0.6 is 0 Å². The van der Waals surface area contributed by atoms with Crippen molar-refractivity contribution >= 4 is 0 Å². The summed E-state index contributed by atoms with van der Waals surface area (Å²) in [5.41, 5.74) is 0. The van der Waals surface area contributed by atoms with Crippen molar-refractivity contribution in [1.82, 2.24) is 0 Å². The number of aliphatic hydroxyl groups is 3. The largest absolute Gasteiger partial charge is 0.393 e. The molecule has 0 radical (unpaired) electrons. The zero-order chi connectivity index (χ0) is 8.27. The van der Waals surface area contributed by atoms with Crippen LogP contribution in [-0.4, -0.2) is 33.6 Å². The fraction of sp³-hybridized carbons (Fsp3) is 1.00. The monoisotopic (exact) mass is 160 g/mol. The number of rotatable bonds is 0. The van der Waals surface area contributed by atoms with Crippen LogP contribution < -0.4 is 0 Å². The average Bonchev–Trinajstić information content (AvgIpc) is 1.95. The molecule has 3 nitrogen and oxygen atoms in total. The molecule has 1 aliphatic rings. The van der Waals surface area contributed by atoms with Crippen LogP contribution in [0, 0.1) is 0 Å². The Morgan fingerprint density at radius 1 is 0.818 bits per heavy atom. The Morgan fingerprint density at radius 2 is 1.45 bits per heavy atom. The van der Waals surface area contributed by atoms with Gasteiger partial charge in [0.1, 0.15) is 0 Å². The summed E-state index contributed by atoms with van der Waals surface area (Å²) in [6, 6.07) is 0. The molecule has 3 heteroatoms. The molecule has 0 bridgehead atoms. The quantitative estimate of drug-likeness (QED) is 0.468. The number of aliphatic hydroxyl groups excluding tert-OH is 3. The second kappa shape index (κ2) is 4.04. The van der Waals surface area contributed by atoms with Gasteiger partial charge in [0.25, 0.3) is 0 Å². The highest BCUT2D eigenvalue weighted by molar-refractivity contribution is 4.74. The molecular weight excluding hydrogens is 144 g/mol. The minimum absolute atomic E-state index is 0.321. The van der Waals surface area contributed by atoms with Gasteiger partial charge in [0.05, 0.1) is 18.3 Å². The predicted octanol–water partition coefficient (Wildman–Crippen LogP) is 0.0332. The molecule has 1 rings (SSSR count). The maximum Gasteiger partial charge on any atom is 0.0823 e. The highest BCUT2D eigenvalue weighted by Gasteiger charge is 2.21. The lowest BCUT2D eigenvalue weighted by Crippen LogP contribution is -2.31. The molecule has 0 aliphatic heterocycles. The average molecular weight is 160 g/mol. The summed E-state index contributed by atoms with van der Waals surface area (Å²) < 4.78 is 0. The van der Waals surface area contributed by atoms with E-state index in [0.717, 1.165) is 19.3 Å². The molecule has 1 fully saturated rings. The van der Waals surface area contributed by atoms with Crippen molar-refractivity contribution in [3.63, 3.8) is 0 Å². The van der Waals surface area contributed by atoms with Crippen molar-refractivity contribution in [2.24, 2.45) is 0 Å². The second-order valence-corrected chi connectivity index (χ2v) is 3.31. The first kappa shape index (κ1) is 8.97. The van der Waals surface area contributed by atoms with E-state index in [1.165, 1.54) is 0 Å². The number of hydrogen-bond donors (Lipinski definition) is 3. The lowest BCUT2D eigenvalue weighted by molar-refractivity contribution is -0.0260. The molecule has 0 saturated heterocycles. The summed E-state index contributed by atoms with van der Waals surface area (Å²) in [5, 5.41) is 27.7. The molecule has 3 unspecified atom stereocenters. The summed E-state index contributed by atoms with van der Waals surface area (Å²) in [6.45, 7) is 0. The Morgan fingerprint density at radius 3 is 2.18 bits per heavy atom. The Bertz CT molecular complexity index is 116. The van der Waals surface area contributed by atoms with Gasteiger partial charge in [-0.05, 0) is 12.8 Å². The van der Waals surface area contributed by atoms with Gasteiger partial charge in [-0.2, -0.15) is 0 Å². The van der Waals surface area contributed by atoms with E-state index in [0.29, 0.717) is 12.8 Å². The maximum absolute atomic E-state index is 9.24. The summed E-state index contributed by atoms with van der Waals surface area (Å²) in [5.74, 6) is 0. The molecule has 0 aromatic carbocycles. The lowest BCUT2D eigenvalue weighted by atomic mass is 9.94. The molecule has 0 aromatic rings. The molecule has 0 amide bonds. The highest BCUT2D eigenvalue weighted by Crippen LogP contribution is 2.17. The van der Waals surface area contributed by atoms with E-state index in [-0.39, 0.29) is 0 Å². The van der Waals surface area contributed by atoms with Crippen LogP contribution in [0.5, 0.6) is 0 Å². The Balaban J connectivity index is 2.38. The van der Waals surface area contributed by atoms with Crippen molar-refractivity contribution < 1.29 is 15.3 Å². The topological polar surface area (TPSA) is 60.7 Å². The fourth-order valence-corrected chi connectivity index (χ4v) is 1.48. The Labute approximate surface area is 66.7 Å². The molecular formula is C8H16O3. The molecule has 1 aliphatic carbocycles. The van der Waals surface area contributed by atoms with E-state index in [4.69, 9.17) is 0 Å². The second-order valence-electron chi connectivity index (χ2n) is 3.31. The van der Waals surface area contributed by atoms with Crippen molar-refractivity contribution in [3.8, 4) is 0 Å². The van der Waals surface area contributed by atoms with E-state index in [1.54, 1.807) is 0 Å². The van der Waals surface area contributed by atoms with Gasteiger partial charge in [0.2, 0.25) is 0 Å². The molecule has 3 atom stereocenters. The first-order valence-electron chi connectivity index (χ1n) is 4.24. The van der Waals surface area contributed by atoms with Crippen LogP contribution in [0.4, 0.5) is 0 Å². The minimum Gasteiger partial charge on any atom is -0.393 e.